The van der Waals surface area contributed by atoms with E-state index in [1.54, 1.807) is 61.4 Å². The molecule has 2 aromatic heterocycles. The zero-order valence-electron chi connectivity index (χ0n) is 30.8. The van der Waals surface area contributed by atoms with E-state index in [9.17, 15) is 19.2 Å². The number of nitrogens with zero attached hydrogens (tertiary/aromatic N) is 2. The Morgan fingerprint density at radius 1 is 0.577 bits per heavy atom. The first-order chi connectivity index (χ1) is 25.0. The molecule has 0 bridgehead atoms. The number of carbonyl (C=O) groups excluding carboxylic acids is 4. The number of ketones is 2. The van der Waals surface area contributed by atoms with Crippen LogP contribution in [0.3, 0.4) is 0 Å². The molecule has 0 fully saturated rings. The van der Waals surface area contributed by atoms with Crippen LogP contribution < -0.4 is 22.1 Å². The van der Waals surface area contributed by atoms with Gasteiger partial charge >= 0.3 is 0 Å². The minimum absolute atomic E-state index is 0.0267. The first kappa shape index (κ1) is 39.8. The third-order valence-corrected chi connectivity index (χ3v) is 9.45. The molecule has 2 unspecified atom stereocenters. The molecule has 52 heavy (non-hydrogen) atoms. The largest absolute Gasteiger partial charge is 0.366 e. The quantitative estimate of drug-likeness (QED) is 0.0393. The van der Waals surface area contributed by atoms with E-state index in [0.717, 1.165) is 73.9 Å². The minimum Gasteiger partial charge on any atom is -0.366 e. The predicted octanol–water partition coefficient (Wildman–Crippen LogP) is 6.08. The van der Waals surface area contributed by atoms with Gasteiger partial charge in [0.2, 0.25) is 11.8 Å². The SMILES string of the molecule is CC(C)C(NCCCCCCCCCCNC(C(=O)c1cc(-c2cnc[nH]2)ccc1C(N)=O)C(C)C)C(=O)c1cc(-c2cnc[nH]2)ccc1C(N)=O. The van der Waals surface area contributed by atoms with Crippen molar-refractivity contribution in [1.82, 2.24) is 30.6 Å². The zero-order valence-corrected chi connectivity index (χ0v) is 30.8. The Hall–Kier alpha value is -4.94. The molecule has 0 spiro atoms. The molecule has 0 aliphatic heterocycles. The van der Waals surface area contributed by atoms with Gasteiger partial charge in [0.1, 0.15) is 0 Å². The van der Waals surface area contributed by atoms with Crippen molar-refractivity contribution in [3.8, 4) is 22.5 Å². The van der Waals surface area contributed by atoms with E-state index in [-0.39, 0.29) is 34.5 Å². The maximum Gasteiger partial charge on any atom is 0.249 e. The molecular weight excluding hydrogens is 656 g/mol. The van der Waals surface area contributed by atoms with Crippen LogP contribution in [0.5, 0.6) is 0 Å². The van der Waals surface area contributed by atoms with Crippen molar-refractivity contribution in [2.45, 2.75) is 91.1 Å². The molecule has 4 rings (SSSR count). The van der Waals surface area contributed by atoms with E-state index in [0.29, 0.717) is 24.2 Å². The highest BCUT2D eigenvalue weighted by molar-refractivity contribution is 6.11. The molecule has 0 saturated heterocycles. The number of nitrogens with one attached hydrogen (secondary N) is 4. The number of imidazole rings is 2. The summed E-state index contributed by atoms with van der Waals surface area (Å²) in [6, 6.07) is 9.30. The van der Waals surface area contributed by atoms with Crippen LogP contribution in [0, 0.1) is 11.8 Å². The van der Waals surface area contributed by atoms with Gasteiger partial charge < -0.3 is 32.1 Å². The molecule has 4 aromatic rings. The maximum atomic E-state index is 13.7. The minimum atomic E-state index is -0.628. The molecule has 2 amide bonds. The first-order valence-electron chi connectivity index (χ1n) is 18.4. The topological polar surface area (TPSA) is 202 Å². The van der Waals surface area contributed by atoms with Crippen molar-refractivity contribution < 1.29 is 19.2 Å². The molecule has 2 atom stereocenters. The molecule has 2 aromatic carbocycles. The van der Waals surface area contributed by atoms with Gasteiger partial charge in [0.25, 0.3) is 0 Å². The molecule has 0 aliphatic rings. The number of hydrogen-bond acceptors (Lipinski definition) is 8. The molecule has 12 nitrogen and oxygen atoms in total. The number of unbranched alkanes of at least 4 members (excludes halogenated alkanes) is 7. The van der Waals surface area contributed by atoms with Crippen LogP contribution in [0.2, 0.25) is 0 Å². The molecular formula is C40H54N8O4. The van der Waals surface area contributed by atoms with E-state index in [4.69, 9.17) is 11.5 Å². The highest BCUT2D eigenvalue weighted by Gasteiger charge is 2.28. The fourth-order valence-electron chi connectivity index (χ4n) is 6.51. The van der Waals surface area contributed by atoms with Crippen LogP contribution in [-0.4, -0.2) is 68.5 Å². The summed E-state index contributed by atoms with van der Waals surface area (Å²) in [7, 11) is 0. The van der Waals surface area contributed by atoms with E-state index in [2.05, 4.69) is 30.6 Å². The normalized spacial score (nSPS) is 12.7. The van der Waals surface area contributed by atoms with Gasteiger partial charge in [-0.3, -0.25) is 19.2 Å². The fraction of sp³-hybridized carbons (Fsp3) is 0.450. The van der Waals surface area contributed by atoms with Crippen molar-refractivity contribution in [3.05, 3.63) is 83.7 Å². The average molecular weight is 711 g/mol. The number of aromatic amines is 2. The van der Waals surface area contributed by atoms with Gasteiger partial charge in [-0.05, 0) is 62.0 Å². The van der Waals surface area contributed by atoms with E-state index >= 15 is 0 Å². The van der Waals surface area contributed by atoms with Gasteiger partial charge in [-0.15, -0.1) is 0 Å². The number of hydrogen-bond donors (Lipinski definition) is 6. The van der Waals surface area contributed by atoms with Crippen molar-refractivity contribution in [2.75, 3.05) is 13.1 Å². The Bertz CT molecular complexity index is 1640. The number of aromatic nitrogens is 4. The maximum absolute atomic E-state index is 13.7. The van der Waals surface area contributed by atoms with Gasteiger partial charge in [0.15, 0.2) is 11.6 Å². The molecule has 8 N–H and O–H groups in total. The lowest BCUT2D eigenvalue weighted by Gasteiger charge is -2.22. The number of primary amides is 2. The second-order valence-electron chi connectivity index (χ2n) is 14.1. The smallest absolute Gasteiger partial charge is 0.249 e. The standard InChI is InChI=1S/C40H54N8O4/c1-25(2)35(37(49)31-19-27(33-21-43-23-47-33)13-15-29(31)39(41)51)45-17-11-9-7-5-6-8-10-12-18-46-36(26(3)4)38(50)32-20-28(34-22-44-24-48-34)14-16-30(32)40(42)52/h13-16,19-26,35-36,45-46H,5-12,17-18H2,1-4H3,(H2,41,51)(H2,42,52)(H,43,47)(H,44,48). The Morgan fingerprint density at radius 3 is 1.25 bits per heavy atom. The van der Waals surface area contributed by atoms with E-state index < -0.39 is 23.9 Å². The summed E-state index contributed by atoms with van der Waals surface area (Å²) < 4.78 is 0. The van der Waals surface area contributed by atoms with Crippen LogP contribution in [0.25, 0.3) is 22.5 Å². The van der Waals surface area contributed by atoms with Gasteiger partial charge in [-0.25, -0.2) is 9.97 Å². The summed E-state index contributed by atoms with van der Waals surface area (Å²) in [5.41, 5.74) is 15.4. The number of benzene rings is 2. The van der Waals surface area contributed by atoms with Gasteiger partial charge in [-0.2, -0.15) is 0 Å². The lowest BCUT2D eigenvalue weighted by atomic mass is 9.90. The Labute approximate surface area is 306 Å². The third kappa shape index (κ3) is 10.8. The Morgan fingerprint density at radius 2 is 0.942 bits per heavy atom. The van der Waals surface area contributed by atoms with E-state index in [1.807, 2.05) is 27.7 Å². The number of carbonyl (C=O) groups is 4. The van der Waals surface area contributed by atoms with E-state index in [1.165, 1.54) is 0 Å². The molecule has 0 aliphatic carbocycles. The molecule has 0 radical (unpaired) electrons. The van der Waals surface area contributed by atoms with Gasteiger partial charge in [0.05, 0.1) is 48.5 Å². The lowest BCUT2D eigenvalue weighted by molar-refractivity contribution is 0.0901. The zero-order chi connectivity index (χ0) is 37.6. The van der Waals surface area contributed by atoms with Crippen molar-refractivity contribution >= 4 is 23.4 Å². The second kappa shape index (κ2) is 19.6. The summed E-state index contributed by atoms with van der Waals surface area (Å²) in [6.45, 7) is 9.40. The van der Waals surface area contributed by atoms with Crippen LogP contribution in [-0.2, 0) is 0 Å². The summed E-state index contributed by atoms with van der Waals surface area (Å²) in [5.74, 6) is -1.48. The number of amides is 2. The molecule has 12 heteroatoms. The van der Waals surface area contributed by atoms with Gasteiger partial charge in [-0.1, -0.05) is 78.4 Å². The van der Waals surface area contributed by atoms with Crippen molar-refractivity contribution in [3.63, 3.8) is 0 Å². The highest BCUT2D eigenvalue weighted by atomic mass is 16.2. The highest BCUT2D eigenvalue weighted by Crippen LogP contribution is 2.25. The number of H-pyrrole nitrogens is 2. The van der Waals surface area contributed by atoms with Crippen LogP contribution in [0.15, 0.2) is 61.4 Å². The van der Waals surface area contributed by atoms with Crippen LogP contribution in [0.4, 0.5) is 0 Å². The first-order valence-corrected chi connectivity index (χ1v) is 18.4. The lowest BCUT2D eigenvalue weighted by Crippen LogP contribution is -2.42. The summed E-state index contributed by atoms with van der Waals surface area (Å²) in [4.78, 5) is 65.9. The van der Waals surface area contributed by atoms with Crippen molar-refractivity contribution in [2.24, 2.45) is 23.3 Å². The number of nitrogens with two attached hydrogens (primary N) is 2. The molecule has 2 heterocycles. The number of rotatable bonds is 23. The molecule has 278 valence electrons. The summed E-state index contributed by atoms with van der Waals surface area (Å²) in [5, 5.41) is 6.87. The van der Waals surface area contributed by atoms with Gasteiger partial charge in [0, 0.05) is 33.4 Å². The Kier molecular flexibility index (Phi) is 15.0. The predicted molar refractivity (Wildman–Crippen MR) is 204 cm³/mol. The summed E-state index contributed by atoms with van der Waals surface area (Å²) in [6.07, 6.45) is 15.0. The van der Waals surface area contributed by atoms with Crippen LogP contribution in [0.1, 0.15) is 120 Å². The monoisotopic (exact) mass is 710 g/mol. The second-order valence-corrected chi connectivity index (χ2v) is 14.1. The fourth-order valence-corrected chi connectivity index (χ4v) is 6.51. The number of Topliss-reactive ketones (excluding diaryl/α,β-unsaturated/α-hetero) is 2. The summed E-state index contributed by atoms with van der Waals surface area (Å²) >= 11 is 0. The van der Waals surface area contributed by atoms with Crippen molar-refractivity contribution in [1.29, 1.82) is 0 Å². The Balaban J connectivity index is 1.15. The average Bonchev–Trinajstić information content (AvgIpc) is 3.86. The van der Waals surface area contributed by atoms with Crippen LogP contribution >= 0.6 is 0 Å². The molecule has 0 saturated carbocycles. The third-order valence-electron chi connectivity index (χ3n) is 9.45.